The lowest BCUT2D eigenvalue weighted by atomic mass is 10.3. The summed E-state index contributed by atoms with van der Waals surface area (Å²) in [4.78, 5) is 5.57. The van der Waals surface area contributed by atoms with E-state index in [-0.39, 0.29) is 0 Å². The second-order valence-corrected chi connectivity index (χ2v) is 5.44. The maximum absolute atomic E-state index is 5.19. The van der Waals surface area contributed by atoms with Gasteiger partial charge in [-0.2, -0.15) is 5.10 Å². The number of ether oxygens (including phenoxy) is 2. The number of rotatable bonds is 6. The van der Waals surface area contributed by atoms with Crippen LogP contribution < -0.4 is 0 Å². The van der Waals surface area contributed by atoms with Gasteiger partial charge in [0.15, 0.2) is 10.6 Å². The summed E-state index contributed by atoms with van der Waals surface area (Å²) in [6.07, 6.45) is 0.784. The third-order valence-corrected chi connectivity index (χ3v) is 4.14. The van der Waals surface area contributed by atoms with E-state index in [4.69, 9.17) is 21.7 Å². The van der Waals surface area contributed by atoms with Crippen LogP contribution in [0.5, 0.6) is 0 Å². The zero-order valence-corrected chi connectivity index (χ0v) is 12.7. The van der Waals surface area contributed by atoms with E-state index >= 15 is 0 Å². The normalized spacial score (nSPS) is 11.1. The molecule has 6 nitrogen and oxygen atoms in total. The van der Waals surface area contributed by atoms with E-state index in [2.05, 4.69) is 15.2 Å². The van der Waals surface area contributed by atoms with Crippen LogP contribution in [0, 0.1) is 4.77 Å². The molecule has 0 bridgehead atoms. The highest BCUT2D eigenvalue weighted by molar-refractivity contribution is 7.71. The molecule has 1 N–H and O–H groups in total. The monoisotopic (exact) mass is 300 g/mol. The molecule has 8 heteroatoms. The molecule has 0 aliphatic rings. The summed E-state index contributed by atoms with van der Waals surface area (Å²) < 4.78 is 12.7. The van der Waals surface area contributed by atoms with Gasteiger partial charge in [0, 0.05) is 27.7 Å². The second kappa shape index (κ2) is 6.38. The Kier molecular flexibility index (Phi) is 4.81. The Balaban J connectivity index is 2.39. The van der Waals surface area contributed by atoms with E-state index in [9.17, 15) is 0 Å². The topological polar surface area (TPSA) is 65.0 Å². The van der Waals surface area contributed by atoms with Crippen LogP contribution in [-0.4, -0.2) is 40.6 Å². The lowest BCUT2D eigenvalue weighted by molar-refractivity contribution is 0.181. The standard InChI is InChI=1S/C11H16N4O2S2/c1-15-10(13-14-11(15)18)9-7(6-17-3)12-8(19-9)4-5-16-2/h4-6H2,1-3H3,(H,14,18). The van der Waals surface area contributed by atoms with Crippen molar-refractivity contribution in [3.05, 3.63) is 15.5 Å². The van der Waals surface area contributed by atoms with Gasteiger partial charge < -0.3 is 14.0 Å². The molecule has 0 saturated heterocycles. The van der Waals surface area contributed by atoms with Gasteiger partial charge in [0.05, 0.1) is 28.8 Å². The first-order chi connectivity index (χ1) is 9.17. The van der Waals surface area contributed by atoms with Gasteiger partial charge in [0.1, 0.15) is 0 Å². The first-order valence-electron chi connectivity index (χ1n) is 5.75. The fourth-order valence-corrected chi connectivity index (χ4v) is 2.86. The fourth-order valence-electron chi connectivity index (χ4n) is 1.66. The van der Waals surface area contributed by atoms with E-state index in [1.807, 2.05) is 11.6 Å². The van der Waals surface area contributed by atoms with Crippen LogP contribution in [0.3, 0.4) is 0 Å². The molecular weight excluding hydrogens is 284 g/mol. The smallest absolute Gasteiger partial charge is 0.195 e. The van der Waals surface area contributed by atoms with Crippen molar-refractivity contribution in [1.82, 2.24) is 19.7 Å². The minimum Gasteiger partial charge on any atom is -0.384 e. The average molecular weight is 300 g/mol. The van der Waals surface area contributed by atoms with Crippen LogP contribution in [0.2, 0.25) is 0 Å². The van der Waals surface area contributed by atoms with Crippen molar-refractivity contribution in [2.75, 3.05) is 20.8 Å². The van der Waals surface area contributed by atoms with Crippen molar-refractivity contribution in [2.45, 2.75) is 13.0 Å². The number of H-pyrrole nitrogens is 1. The van der Waals surface area contributed by atoms with Crippen LogP contribution in [0.1, 0.15) is 10.7 Å². The predicted octanol–water partition coefficient (Wildman–Crippen LogP) is 1.94. The van der Waals surface area contributed by atoms with E-state index in [1.54, 1.807) is 25.6 Å². The van der Waals surface area contributed by atoms with Gasteiger partial charge >= 0.3 is 0 Å². The third-order valence-electron chi connectivity index (χ3n) is 2.63. The number of nitrogens with one attached hydrogen (secondary N) is 1. The summed E-state index contributed by atoms with van der Waals surface area (Å²) in [5, 5.41) is 8.05. The minimum atomic E-state index is 0.457. The third kappa shape index (κ3) is 3.08. The highest BCUT2D eigenvalue weighted by Gasteiger charge is 2.17. The molecule has 104 valence electrons. The maximum Gasteiger partial charge on any atom is 0.195 e. The Morgan fingerprint density at radius 1 is 1.37 bits per heavy atom. The van der Waals surface area contributed by atoms with Crippen molar-refractivity contribution in [1.29, 1.82) is 0 Å². The van der Waals surface area contributed by atoms with Crippen LogP contribution in [0.4, 0.5) is 0 Å². The lowest BCUT2D eigenvalue weighted by Gasteiger charge is -2.00. The van der Waals surface area contributed by atoms with Gasteiger partial charge in [-0.05, 0) is 12.2 Å². The summed E-state index contributed by atoms with van der Waals surface area (Å²) in [5.41, 5.74) is 0.885. The molecule has 0 radical (unpaired) electrons. The molecule has 0 spiro atoms. The summed E-state index contributed by atoms with van der Waals surface area (Å²) in [7, 11) is 5.22. The quantitative estimate of drug-likeness (QED) is 0.826. The van der Waals surface area contributed by atoms with E-state index in [0.29, 0.717) is 18.0 Å². The van der Waals surface area contributed by atoms with E-state index in [0.717, 1.165) is 27.8 Å². The Bertz CT molecular complexity index is 602. The summed E-state index contributed by atoms with van der Waals surface area (Å²) in [5.74, 6) is 0.790. The molecule has 0 amide bonds. The molecule has 0 saturated carbocycles. The summed E-state index contributed by atoms with van der Waals surface area (Å²) in [6, 6.07) is 0. The van der Waals surface area contributed by atoms with Crippen molar-refractivity contribution >= 4 is 23.6 Å². The van der Waals surface area contributed by atoms with Gasteiger partial charge in [-0.25, -0.2) is 4.98 Å². The first-order valence-corrected chi connectivity index (χ1v) is 6.98. The highest BCUT2D eigenvalue weighted by Crippen LogP contribution is 2.29. The molecule has 2 rings (SSSR count). The molecule has 2 heterocycles. The van der Waals surface area contributed by atoms with Crippen LogP contribution in [-0.2, 0) is 29.5 Å². The molecule has 0 fully saturated rings. The molecule has 0 aromatic carbocycles. The molecule has 2 aromatic heterocycles. The molecule has 0 atom stereocenters. The average Bonchev–Trinajstić information content (AvgIpc) is 2.93. The Morgan fingerprint density at radius 2 is 2.16 bits per heavy atom. The van der Waals surface area contributed by atoms with Crippen molar-refractivity contribution < 1.29 is 9.47 Å². The number of hydrogen-bond acceptors (Lipinski definition) is 6. The van der Waals surface area contributed by atoms with Gasteiger partial charge in [0.25, 0.3) is 0 Å². The fraction of sp³-hybridized carbons (Fsp3) is 0.545. The zero-order chi connectivity index (χ0) is 13.8. The van der Waals surface area contributed by atoms with Crippen LogP contribution >= 0.6 is 23.6 Å². The Morgan fingerprint density at radius 3 is 2.74 bits per heavy atom. The van der Waals surface area contributed by atoms with Crippen molar-refractivity contribution in [3.8, 4) is 10.7 Å². The zero-order valence-electron chi connectivity index (χ0n) is 11.1. The Labute approximate surface area is 120 Å². The largest absolute Gasteiger partial charge is 0.384 e. The van der Waals surface area contributed by atoms with Crippen molar-refractivity contribution in [3.63, 3.8) is 0 Å². The lowest BCUT2D eigenvalue weighted by Crippen LogP contribution is -1.97. The number of methoxy groups -OCH3 is 2. The number of aromatic nitrogens is 4. The molecule has 19 heavy (non-hydrogen) atoms. The van der Waals surface area contributed by atoms with Gasteiger partial charge in [-0.3, -0.25) is 5.10 Å². The molecule has 0 aliphatic carbocycles. The van der Waals surface area contributed by atoms with Gasteiger partial charge in [-0.1, -0.05) is 0 Å². The SMILES string of the molecule is COCCc1nc(COC)c(-c2n[nH]c(=S)n2C)s1. The Hall–Kier alpha value is -1.09. The molecule has 0 unspecified atom stereocenters. The molecule has 2 aromatic rings. The van der Waals surface area contributed by atoms with Crippen LogP contribution in [0.25, 0.3) is 10.7 Å². The first kappa shape index (κ1) is 14.3. The predicted molar refractivity (Wildman–Crippen MR) is 75.8 cm³/mol. The number of thiazole rings is 1. The molecule has 0 aliphatic heterocycles. The van der Waals surface area contributed by atoms with Crippen LogP contribution in [0.15, 0.2) is 0 Å². The molecular formula is C11H16N4O2S2. The van der Waals surface area contributed by atoms with Gasteiger partial charge in [0.2, 0.25) is 0 Å². The van der Waals surface area contributed by atoms with E-state index in [1.165, 1.54) is 0 Å². The number of hydrogen-bond donors (Lipinski definition) is 1. The second-order valence-electron chi connectivity index (χ2n) is 3.97. The summed E-state index contributed by atoms with van der Waals surface area (Å²) >= 11 is 6.74. The minimum absolute atomic E-state index is 0.457. The van der Waals surface area contributed by atoms with Crippen molar-refractivity contribution in [2.24, 2.45) is 7.05 Å². The summed E-state index contributed by atoms with van der Waals surface area (Å²) in [6.45, 7) is 1.11. The maximum atomic E-state index is 5.19. The van der Waals surface area contributed by atoms with E-state index < -0.39 is 0 Å². The van der Waals surface area contributed by atoms with Gasteiger partial charge in [-0.15, -0.1) is 11.3 Å². The number of nitrogens with zero attached hydrogens (tertiary/aromatic N) is 3. The highest BCUT2D eigenvalue weighted by atomic mass is 32.1. The number of aromatic amines is 1.